The van der Waals surface area contributed by atoms with Crippen LogP contribution < -0.4 is 19.7 Å². The van der Waals surface area contributed by atoms with Gasteiger partial charge in [-0.15, -0.1) is 0 Å². The van der Waals surface area contributed by atoms with Crippen molar-refractivity contribution < 1.29 is 13.2 Å². The zero-order chi connectivity index (χ0) is 20.9. The molecule has 0 amide bonds. The van der Waals surface area contributed by atoms with E-state index in [2.05, 4.69) is 24.9 Å². The third-order valence-electron chi connectivity index (χ3n) is 4.73. The fourth-order valence-corrected chi connectivity index (χ4v) is 4.41. The molecule has 1 aliphatic heterocycles. The van der Waals surface area contributed by atoms with Crippen LogP contribution in [0.3, 0.4) is 0 Å². The molecule has 1 aromatic heterocycles. The van der Waals surface area contributed by atoms with Crippen LogP contribution in [0.15, 0.2) is 29.2 Å². The molecule has 1 saturated heterocycles. The predicted octanol–water partition coefficient (Wildman–Crippen LogP) is 2.48. The van der Waals surface area contributed by atoms with Crippen LogP contribution in [0.1, 0.15) is 31.0 Å². The van der Waals surface area contributed by atoms with E-state index in [0.29, 0.717) is 24.8 Å². The second-order valence-electron chi connectivity index (χ2n) is 7.07. The van der Waals surface area contributed by atoms with Gasteiger partial charge in [0.05, 0.1) is 11.5 Å². The summed E-state index contributed by atoms with van der Waals surface area (Å²) in [6, 6.07) is 6.84. The highest BCUT2D eigenvalue weighted by molar-refractivity contribution is 7.89. The Morgan fingerprint density at radius 3 is 2.55 bits per heavy atom. The summed E-state index contributed by atoms with van der Waals surface area (Å²) < 4.78 is 33.1. The Kier molecular flexibility index (Phi) is 6.92. The van der Waals surface area contributed by atoms with Gasteiger partial charge in [-0.1, -0.05) is 0 Å². The number of rotatable bonds is 9. The molecule has 0 radical (unpaired) electrons. The summed E-state index contributed by atoms with van der Waals surface area (Å²) in [5.41, 5.74) is 1.67. The fraction of sp³-hybridized carbons (Fsp3) is 0.500. The van der Waals surface area contributed by atoms with Crippen LogP contribution in [-0.4, -0.2) is 51.2 Å². The van der Waals surface area contributed by atoms with Crippen molar-refractivity contribution in [2.75, 3.05) is 43.0 Å². The lowest BCUT2D eigenvalue weighted by Crippen LogP contribution is -2.29. The molecule has 0 saturated carbocycles. The van der Waals surface area contributed by atoms with E-state index in [1.165, 1.54) is 12.8 Å². The molecule has 2 heterocycles. The number of ether oxygens (including phenoxy) is 1. The minimum Gasteiger partial charge on any atom is -0.494 e. The van der Waals surface area contributed by atoms with E-state index in [1.54, 1.807) is 18.2 Å². The Morgan fingerprint density at radius 1 is 1.10 bits per heavy atom. The zero-order valence-electron chi connectivity index (χ0n) is 17.2. The molecule has 3 rings (SSSR count). The SMILES string of the molecule is CCOc1ccc(S(=O)(=O)NCCNc2nc(C)cc(N3CCCC3)n2)cc1C. The van der Waals surface area contributed by atoms with Crippen LogP contribution in [0.5, 0.6) is 5.75 Å². The largest absolute Gasteiger partial charge is 0.494 e. The lowest BCUT2D eigenvalue weighted by Gasteiger charge is -2.17. The van der Waals surface area contributed by atoms with Gasteiger partial charge in [0.25, 0.3) is 0 Å². The average Bonchev–Trinajstić information content (AvgIpc) is 3.21. The average molecular weight is 420 g/mol. The lowest BCUT2D eigenvalue weighted by molar-refractivity contribution is 0.337. The monoisotopic (exact) mass is 419 g/mol. The molecule has 8 nitrogen and oxygen atoms in total. The smallest absolute Gasteiger partial charge is 0.240 e. The fourth-order valence-electron chi connectivity index (χ4n) is 3.29. The van der Waals surface area contributed by atoms with Crippen LogP contribution >= 0.6 is 0 Å². The van der Waals surface area contributed by atoms with Crippen molar-refractivity contribution in [1.29, 1.82) is 0 Å². The third kappa shape index (κ3) is 5.57. The van der Waals surface area contributed by atoms with Crippen molar-refractivity contribution in [2.45, 2.75) is 38.5 Å². The van der Waals surface area contributed by atoms with Crippen LogP contribution in [0.2, 0.25) is 0 Å². The van der Waals surface area contributed by atoms with Crippen LogP contribution in [0.25, 0.3) is 0 Å². The molecule has 2 aromatic rings. The maximum absolute atomic E-state index is 12.5. The minimum absolute atomic E-state index is 0.224. The molecule has 29 heavy (non-hydrogen) atoms. The molecule has 0 unspecified atom stereocenters. The summed E-state index contributed by atoms with van der Waals surface area (Å²) in [6.45, 7) is 8.83. The van der Waals surface area contributed by atoms with E-state index in [1.807, 2.05) is 26.8 Å². The molecule has 1 fully saturated rings. The maximum atomic E-state index is 12.5. The van der Waals surface area contributed by atoms with Gasteiger partial charge < -0.3 is 15.0 Å². The topological polar surface area (TPSA) is 96.5 Å². The molecular weight excluding hydrogens is 390 g/mol. The normalized spacial score (nSPS) is 14.2. The Labute approximate surface area is 172 Å². The maximum Gasteiger partial charge on any atom is 0.240 e. The van der Waals surface area contributed by atoms with Crippen molar-refractivity contribution in [2.24, 2.45) is 0 Å². The van der Waals surface area contributed by atoms with Crippen molar-refractivity contribution in [3.05, 3.63) is 35.5 Å². The minimum atomic E-state index is -3.59. The van der Waals surface area contributed by atoms with Gasteiger partial charge in [-0.25, -0.2) is 18.1 Å². The van der Waals surface area contributed by atoms with Gasteiger partial charge in [0, 0.05) is 37.9 Å². The second-order valence-corrected chi connectivity index (χ2v) is 8.84. The summed E-state index contributed by atoms with van der Waals surface area (Å²) >= 11 is 0. The Morgan fingerprint density at radius 2 is 1.86 bits per heavy atom. The van der Waals surface area contributed by atoms with Gasteiger partial charge in [0.15, 0.2) is 0 Å². The van der Waals surface area contributed by atoms with Gasteiger partial charge in [0.1, 0.15) is 11.6 Å². The molecule has 1 aromatic carbocycles. The van der Waals surface area contributed by atoms with Crippen molar-refractivity contribution in [3.8, 4) is 5.75 Å². The van der Waals surface area contributed by atoms with E-state index >= 15 is 0 Å². The van der Waals surface area contributed by atoms with Crippen LogP contribution in [0.4, 0.5) is 11.8 Å². The molecule has 1 aliphatic rings. The van der Waals surface area contributed by atoms with Crippen molar-refractivity contribution in [3.63, 3.8) is 0 Å². The highest BCUT2D eigenvalue weighted by atomic mass is 32.2. The first-order valence-electron chi connectivity index (χ1n) is 9.96. The predicted molar refractivity (Wildman–Crippen MR) is 114 cm³/mol. The standard InChI is InChI=1S/C20H29N5O3S/c1-4-28-18-8-7-17(13-15(18)2)29(26,27)22-10-9-21-20-23-16(3)14-19(24-20)25-11-5-6-12-25/h7-8,13-14,22H,4-6,9-12H2,1-3H3,(H,21,23,24). The number of nitrogens with zero attached hydrogens (tertiary/aromatic N) is 3. The molecule has 0 bridgehead atoms. The number of anilines is 2. The Bertz CT molecular complexity index is 943. The Balaban J connectivity index is 1.56. The van der Waals surface area contributed by atoms with Crippen molar-refractivity contribution in [1.82, 2.24) is 14.7 Å². The molecule has 0 atom stereocenters. The number of benzene rings is 1. The van der Waals surface area contributed by atoms with E-state index in [0.717, 1.165) is 30.2 Å². The van der Waals surface area contributed by atoms with E-state index < -0.39 is 10.0 Å². The summed E-state index contributed by atoms with van der Waals surface area (Å²) in [6.07, 6.45) is 2.36. The third-order valence-corrected chi connectivity index (χ3v) is 6.19. The second kappa shape index (κ2) is 9.41. The number of aromatic nitrogens is 2. The van der Waals surface area contributed by atoms with Crippen molar-refractivity contribution >= 4 is 21.8 Å². The summed E-state index contributed by atoms with van der Waals surface area (Å²) in [5.74, 6) is 2.13. The van der Waals surface area contributed by atoms with Gasteiger partial charge >= 0.3 is 0 Å². The van der Waals surface area contributed by atoms with Crippen LogP contribution in [0, 0.1) is 13.8 Å². The van der Waals surface area contributed by atoms with E-state index in [9.17, 15) is 8.42 Å². The van der Waals surface area contributed by atoms with E-state index in [-0.39, 0.29) is 11.4 Å². The molecule has 0 spiro atoms. The number of aryl methyl sites for hydroxylation is 2. The molecule has 9 heteroatoms. The highest BCUT2D eigenvalue weighted by Gasteiger charge is 2.16. The number of hydrogen-bond acceptors (Lipinski definition) is 7. The van der Waals surface area contributed by atoms with Gasteiger partial charge in [-0.2, -0.15) is 4.98 Å². The molecule has 158 valence electrons. The summed E-state index contributed by atoms with van der Waals surface area (Å²) in [4.78, 5) is 11.4. The van der Waals surface area contributed by atoms with Gasteiger partial charge in [0.2, 0.25) is 16.0 Å². The molecule has 2 N–H and O–H groups in total. The van der Waals surface area contributed by atoms with Gasteiger partial charge in [-0.3, -0.25) is 0 Å². The van der Waals surface area contributed by atoms with Crippen LogP contribution in [-0.2, 0) is 10.0 Å². The summed E-state index contributed by atoms with van der Waals surface area (Å²) in [7, 11) is -3.59. The lowest BCUT2D eigenvalue weighted by atomic mass is 10.2. The molecule has 0 aliphatic carbocycles. The number of nitrogens with one attached hydrogen (secondary N) is 2. The first-order chi connectivity index (χ1) is 13.9. The zero-order valence-corrected chi connectivity index (χ0v) is 18.1. The molecular formula is C20H29N5O3S. The quantitative estimate of drug-likeness (QED) is 0.603. The summed E-state index contributed by atoms with van der Waals surface area (Å²) in [5, 5.41) is 3.11. The number of hydrogen-bond donors (Lipinski definition) is 2. The Hall–Kier alpha value is -2.39. The highest BCUT2D eigenvalue weighted by Crippen LogP contribution is 2.22. The number of sulfonamides is 1. The van der Waals surface area contributed by atoms with Gasteiger partial charge in [-0.05, 0) is 57.4 Å². The first kappa shape index (κ1) is 21.3. The first-order valence-corrected chi connectivity index (χ1v) is 11.4. The van der Waals surface area contributed by atoms with E-state index in [4.69, 9.17) is 4.74 Å².